The molecule has 0 aliphatic carbocycles. The molecule has 0 atom stereocenters. The standard InChI is InChI=1S/C25H32N4O3/c30-24(27-20-9-11-22(12-10-20)28-13-2-1-3-14-28)18-26-21-7-6-8-23(17-21)32-19-25(31)29-15-4-5-16-29/h6-12,17,26H,1-5,13-16,18-19H2,(H,27,30). The SMILES string of the molecule is O=C(CNc1cccc(OCC(=O)N2CCCC2)c1)Nc1ccc(N2CCCCC2)cc1. The van der Waals surface area contributed by atoms with Crippen LogP contribution in [0.1, 0.15) is 32.1 Å². The second kappa shape index (κ2) is 10.9. The Labute approximate surface area is 189 Å². The Morgan fingerprint density at radius 3 is 2.31 bits per heavy atom. The quantitative estimate of drug-likeness (QED) is 0.660. The predicted molar refractivity (Wildman–Crippen MR) is 127 cm³/mol. The fraction of sp³-hybridized carbons (Fsp3) is 0.440. The van der Waals surface area contributed by atoms with Crippen molar-refractivity contribution < 1.29 is 14.3 Å². The molecule has 32 heavy (non-hydrogen) atoms. The molecule has 170 valence electrons. The molecule has 2 amide bonds. The molecule has 0 radical (unpaired) electrons. The number of piperidine rings is 1. The van der Waals surface area contributed by atoms with E-state index >= 15 is 0 Å². The molecule has 7 nitrogen and oxygen atoms in total. The van der Waals surface area contributed by atoms with Crippen LogP contribution < -0.4 is 20.3 Å². The third-order valence-corrected chi connectivity index (χ3v) is 5.98. The first-order valence-corrected chi connectivity index (χ1v) is 11.6. The number of hydrogen-bond donors (Lipinski definition) is 2. The molecule has 2 saturated heterocycles. The number of nitrogens with one attached hydrogen (secondary N) is 2. The lowest BCUT2D eigenvalue weighted by atomic mass is 10.1. The lowest BCUT2D eigenvalue weighted by molar-refractivity contribution is -0.132. The van der Waals surface area contributed by atoms with Gasteiger partial charge in [0, 0.05) is 49.3 Å². The minimum atomic E-state index is -0.119. The number of carbonyl (C=O) groups is 2. The van der Waals surface area contributed by atoms with Crippen molar-refractivity contribution in [2.75, 3.05) is 54.9 Å². The Balaban J connectivity index is 1.22. The summed E-state index contributed by atoms with van der Waals surface area (Å²) in [6.45, 7) is 4.02. The smallest absolute Gasteiger partial charge is 0.260 e. The molecule has 0 spiro atoms. The van der Waals surface area contributed by atoms with Crippen LogP contribution in [0.3, 0.4) is 0 Å². The van der Waals surface area contributed by atoms with Crippen LogP contribution in [-0.2, 0) is 9.59 Å². The fourth-order valence-corrected chi connectivity index (χ4v) is 4.19. The zero-order valence-corrected chi connectivity index (χ0v) is 18.5. The van der Waals surface area contributed by atoms with Gasteiger partial charge in [0.25, 0.3) is 5.91 Å². The van der Waals surface area contributed by atoms with Crippen LogP contribution in [0.2, 0.25) is 0 Å². The van der Waals surface area contributed by atoms with Crippen molar-refractivity contribution in [3.05, 3.63) is 48.5 Å². The van der Waals surface area contributed by atoms with Crippen LogP contribution in [-0.4, -0.2) is 56.0 Å². The van der Waals surface area contributed by atoms with Gasteiger partial charge in [0.15, 0.2) is 6.61 Å². The number of amides is 2. The van der Waals surface area contributed by atoms with Crippen LogP contribution in [0.15, 0.2) is 48.5 Å². The first-order chi connectivity index (χ1) is 15.7. The Morgan fingerprint density at radius 2 is 1.56 bits per heavy atom. The average Bonchev–Trinajstić information content (AvgIpc) is 3.38. The number of benzene rings is 2. The van der Waals surface area contributed by atoms with Crippen molar-refractivity contribution in [3.63, 3.8) is 0 Å². The van der Waals surface area contributed by atoms with Gasteiger partial charge in [-0.3, -0.25) is 9.59 Å². The highest BCUT2D eigenvalue weighted by Crippen LogP contribution is 2.22. The number of ether oxygens (including phenoxy) is 1. The first-order valence-electron chi connectivity index (χ1n) is 11.6. The summed E-state index contributed by atoms with van der Waals surface area (Å²) < 4.78 is 5.65. The van der Waals surface area contributed by atoms with Gasteiger partial charge in [0.2, 0.25) is 5.91 Å². The summed E-state index contributed by atoms with van der Waals surface area (Å²) >= 11 is 0. The molecular weight excluding hydrogens is 404 g/mol. The molecule has 2 aliphatic heterocycles. The van der Waals surface area contributed by atoms with E-state index in [9.17, 15) is 9.59 Å². The largest absolute Gasteiger partial charge is 0.484 e. The topological polar surface area (TPSA) is 73.9 Å². The Hall–Kier alpha value is -3.22. The molecule has 2 aromatic carbocycles. The highest BCUT2D eigenvalue weighted by molar-refractivity contribution is 5.93. The third kappa shape index (κ3) is 6.15. The second-order valence-corrected chi connectivity index (χ2v) is 8.40. The highest BCUT2D eigenvalue weighted by Gasteiger charge is 2.18. The van der Waals surface area contributed by atoms with Crippen LogP contribution in [0, 0.1) is 0 Å². The van der Waals surface area contributed by atoms with Crippen molar-refractivity contribution in [1.82, 2.24) is 4.90 Å². The minimum absolute atomic E-state index is 0.0199. The number of anilines is 3. The van der Waals surface area contributed by atoms with Crippen LogP contribution in [0.25, 0.3) is 0 Å². The van der Waals surface area contributed by atoms with Crippen molar-refractivity contribution in [2.24, 2.45) is 0 Å². The number of rotatable bonds is 8. The van der Waals surface area contributed by atoms with Gasteiger partial charge in [0.05, 0.1) is 6.54 Å². The first kappa shape index (κ1) is 22.0. The van der Waals surface area contributed by atoms with Gasteiger partial charge in [-0.25, -0.2) is 0 Å². The van der Waals surface area contributed by atoms with Crippen molar-refractivity contribution in [3.8, 4) is 5.75 Å². The summed E-state index contributed by atoms with van der Waals surface area (Å²) in [7, 11) is 0. The molecule has 4 rings (SSSR count). The Kier molecular flexibility index (Phi) is 7.48. The van der Waals surface area contributed by atoms with Gasteiger partial charge in [-0.1, -0.05) is 6.07 Å². The van der Waals surface area contributed by atoms with Gasteiger partial charge < -0.3 is 25.2 Å². The van der Waals surface area contributed by atoms with Crippen LogP contribution >= 0.6 is 0 Å². The van der Waals surface area contributed by atoms with E-state index in [4.69, 9.17) is 4.74 Å². The van der Waals surface area contributed by atoms with Crippen molar-refractivity contribution >= 4 is 28.9 Å². The summed E-state index contributed by atoms with van der Waals surface area (Å²) in [6, 6.07) is 15.4. The number of nitrogens with zero attached hydrogens (tertiary/aromatic N) is 2. The van der Waals surface area contributed by atoms with Gasteiger partial charge in [0.1, 0.15) is 5.75 Å². The third-order valence-electron chi connectivity index (χ3n) is 5.98. The molecule has 7 heteroatoms. The van der Waals surface area contributed by atoms with E-state index < -0.39 is 0 Å². The summed E-state index contributed by atoms with van der Waals surface area (Å²) in [5, 5.41) is 6.04. The van der Waals surface area contributed by atoms with Crippen LogP contribution in [0.4, 0.5) is 17.1 Å². The van der Waals surface area contributed by atoms with E-state index in [0.717, 1.165) is 50.4 Å². The second-order valence-electron chi connectivity index (χ2n) is 8.40. The predicted octanol–water partition coefficient (Wildman–Crippen LogP) is 3.73. The van der Waals surface area contributed by atoms with Crippen LogP contribution in [0.5, 0.6) is 5.75 Å². The van der Waals surface area contributed by atoms with E-state index in [-0.39, 0.29) is 25.0 Å². The maximum atomic E-state index is 12.4. The molecular formula is C25H32N4O3. The molecule has 0 saturated carbocycles. The van der Waals surface area contributed by atoms with Gasteiger partial charge in [-0.15, -0.1) is 0 Å². The number of likely N-dealkylation sites (tertiary alicyclic amines) is 1. The van der Waals surface area contributed by atoms with E-state index in [1.54, 1.807) is 6.07 Å². The van der Waals surface area contributed by atoms with E-state index in [1.807, 2.05) is 35.2 Å². The van der Waals surface area contributed by atoms with Gasteiger partial charge >= 0.3 is 0 Å². The van der Waals surface area contributed by atoms with E-state index in [2.05, 4.69) is 27.7 Å². The molecule has 2 aromatic rings. The molecule has 2 aliphatic rings. The van der Waals surface area contributed by atoms with Crippen molar-refractivity contribution in [1.29, 1.82) is 0 Å². The summed E-state index contributed by atoms with van der Waals surface area (Å²) in [6.07, 6.45) is 5.92. The molecule has 2 fully saturated rings. The van der Waals surface area contributed by atoms with Gasteiger partial charge in [-0.05, 0) is 68.5 Å². The monoisotopic (exact) mass is 436 g/mol. The zero-order chi connectivity index (χ0) is 22.2. The summed E-state index contributed by atoms with van der Waals surface area (Å²) in [5.74, 6) is 0.508. The normalized spacial score (nSPS) is 16.0. The molecule has 0 bridgehead atoms. The summed E-state index contributed by atoms with van der Waals surface area (Å²) in [5.41, 5.74) is 2.77. The van der Waals surface area contributed by atoms with Crippen molar-refractivity contribution in [2.45, 2.75) is 32.1 Å². The zero-order valence-electron chi connectivity index (χ0n) is 18.5. The Morgan fingerprint density at radius 1 is 0.844 bits per heavy atom. The lowest BCUT2D eigenvalue weighted by Crippen LogP contribution is -2.32. The molecule has 0 aromatic heterocycles. The molecule has 2 heterocycles. The molecule has 0 unspecified atom stereocenters. The number of hydrogen-bond acceptors (Lipinski definition) is 5. The molecule has 2 N–H and O–H groups in total. The number of carbonyl (C=O) groups excluding carboxylic acids is 2. The van der Waals surface area contributed by atoms with Gasteiger partial charge in [-0.2, -0.15) is 0 Å². The summed E-state index contributed by atoms with van der Waals surface area (Å²) in [4.78, 5) is 28.7. The maximum absolute atomic E-state index is 12.4. The maximum Gasteiger partial charge on any atom is 0.260 e. The fourth-order valence-electron chi connectivity index (χ4n) is 4.19. The van der Waals surface area contributed by atoms with E-state index in [1.165, 1.54) is 24.9 Å². The highest BCUT2D eigenvalue weighted by atomic mass is 16.5. The Bertz CT molecular complexity index is 904. The van der Waals surface area contributed by atoms with E-state index in [0.29, 0.717) is 5.75 Å². The lowest BCUT2D eigenvalue weighted by Gasteiger charge is -2.28. The average molecular weight is 437 g/mol. The minimum Gasteiger partial charge on any atom is -0.484 e.